The fourth-order valence-electron chi connectivity index (χ4n) is 3.39. The molecule has 0 aromatic carbocycles. The van der Waals surface area contributed by atoms with Crippen molar-refractivity contribution in [2.75, 3.05) is 51.4 Å². The molecule has 2 rings (SSSR count). The number of carbonyl (C=O) groups is 1. The summed E-state index contributed by atoms with van der Waals surface area (Å²) in [5.74, 6) is 2.03. The van der Waals surface area contributed by atoms with E-state index < -0.39 is 0 Å². The Morgan fingerprint density at radius 2 is 2.05 bits per heavy atom. The Morgan fingerprint density at radius 3 is 2.65 bits per heavy atom. The van der Waals surface area contributed by atoms with Gasteiger partial charge < -0.3 is 9.64 Å². The Kier molecular flexibility index (Phi) is 6.18. The molecule has 116 valence electrons. The summed E-state index contributed by atoms with van der Waals surface area (Å²) in [6.07, 6.45) is 3.22. The predicted molar refractivity (Wildman–Crippen MR) is 84.1 cm³/mol. The Balaban J connectivity index is 1.96. The van der Waals surface area contributed by atoms with Gasteiger partial charge in [0.05, 0.1) is 13.2 Å². The van der Waals surface area contributed by atoms with E-state index in [0.717, 1.165) is 51.6 Å². The van der Waals surface area contributed by atoms with Gasteiger partial charge in [0.2, 0.25) is 5.91 Å². The van der Waals surface area contributed by atoms with Gasteiger partial charge in [-0.15, -0.1) is 0 Å². The number of amides is 1. The lowest BCUT2D eigenvalue weighted by molar-refractivity contribution is -0.133. The molecule has 0 aromatic heterocycles. The molecule has 0 spiro atoms. The van der Waals surface area contributed by atoms with Gasteiger partial charge in [-0.3, -0.25) is 9.69 Å². The maximum atomic E-state index is 12.5. The fraction of sp³-hybridized carbons (Fsp3) is 0.933. The van der Waals surface area contributed by atoms with Crippen molar-refractivity contribution in [3.63, 3.8) is 0 Å². The van der Waals surface area contributed by atoms with Crippen LogP contribution in [-0.4, -0.2) is 73.2 Å². The summed E-state index contributed by atoms with van der Waals surface area (Å²) >= 11 is 1.76. The Hall–Kier alpha value is -0.260. The maximum Gasteiger partial charge on any atom is 0.226 e. The number of likely N-dealkylation sites (tertiary alicyclic amines) is 1. The highest BCUT2D eigenvalue weighted by Crippen LogP contribution is 2.27. The first kappa shape index (κ1) is 16.1. The van der Waals surface area contributed by atoms with Gasteiger partial charge >= 0.3 is 0 Å². The number of thioether (sulfide) groups is 1. The third kappa shape index (κ3) is 3.68. The van der Waals surface area contributed by atoms with E-state index in [0.29, 0.717) is 17.9 Å². The van der Waals surface area contributed by atoms with Gasteiger partial charge in [-0.25, -0.2) is 0 Å². The summed E-state index contributed by atoms with van der Waals surface area (Å²) in [4.78, 5) is 17.1. The molecular formula is C15H28N2O2S. The third-order valence-corrected chi connectivity index (χ3v) is 5.43. The van der Waals surface area contributed by atoms with E-state index in [1.807, 2.05) is 0 Å². The van der Waals surface area contributed by atoms with E-state index in [-0.39, 0.29) is 5.92 Å². The molecule has 20 heavy (non-hydrogen) atoms. The summed E-state index contributed by atoms with van der Waals surface area (Å²) in [5, 5.41) is 0. The highest BCUT2D eigenvalue weighted by molar-refractivity contribution is 7.98. The number of hydrogen-bond donors (Lipinski definition) is 0. The minimum Gasteiger partial charge on any atom is -0.379 e. The standard InChI is InChI=1S/C15H28N2O2S/c1-4-13-9-17(15(18)12(2)11-20-3)10-14(13)16-5-7-19-8-6-16/h12-14H,4-11H2,1-3H3/t12-,13-,14-/m1/s1. The molecule has 1 amide bonds. The van der Waals surface area contributed by atoms with Crippen molar-refractivity contribution in [2.24, 2.45) is 11.8 Å². The lowest BCUT2D eigenvalue weighted by atomic mass is 9.99. The maximum absolute atomic E-state index is 12.5. The van der Waals surface area contributed by atoms with E-state index in [4.69, 9.17) is 4.74 Å². The van der Waals surface area contributed by atoms with Crippen molar-refractivity contribution < 1.29 is 9.53 Å². The number of hydrogen-bond acceptors (Lipinski definition) is 4. The molecule has 0 N–H and O–H groups in total. The van der Waals surface area contributed by atoms with Gasteiger partial charge in [-0.05, 0) is 12.2 Å². The lowest BCUT2D eigenvalue weighted by Gasteiger charge is -2.34. The molecule has 4 nitrogen and oxygen atoms in total. The summed E-state index contributed by atoms with van der Waals surface area (Å²) in [6.45, 7) is 9.87. The van der Waals surface area contributed by atoms with Gasteiger partial charge in [0.25, 0.3) is 0 Å². The number of morpholine rings is 1. The SMILES string of the molecule is CC[C@@H]1CN(C(=O)[C@H](C)CSC)C[C@H]1N1CCOCC1. The zero-order valence-corrected chi connectivity index (χ0v) is 13.8. The van der Waals surface area contributed by atoms with Crippen LogP contribution in [0, 0.1) is 11.8 Å². The summed E-state index contributed by atoms with van der Waals surface area (Å²) in [6, 6.07) is 0.536. The molecule has 2 saturated heterocycles. The Morgan fingerprint density at radius 1 is 1.35 bits per heavy atom. The van der Waals surface area contributed by atoms with Gasteiger partial charge in [-0.2, -0.15) is 11.8 Å². The van der Waals surface area contributed by atoms with Gasteiger partial charge in [0, 0.05) is 43.9 Å². The van der Waals surface area contributed by atoms with Crippen LogP contribution in [0.2, 0.25) is 0 Å². The molecule has 2 fully saturated rings. The van der Waals surface area contributed by atoms with E-state index in [1.165, 1.54) is 0 Å². The number of carbonyl (C=O) groups excluding carboxylic acids is 1. The topological polar surface area (TPSA) is 32.8 Å². The van der Waals surface area contributed by atoms with E-state index in [9.17, 15) is 4.79 Å². The smallest absolute Gasteiger partial charge is 0.226 e. The second-order valence-corrected chi connectivity index (χ2v) is 6.89. The molecule has 0 radical (unpaired) electrons. The number of rotatable bonds is 5. The normalized spacial score (nSPS) is 29.6. The molecular weight excluding hydrogens is 272 g/mol. The van der Waals surface area contributed by atoms with Gasteiger partial charge in [0.15, 0.2) is 0 Å². The highest BCUT2D eigenvalue weighted by atomic mass is 32.2. The van der Waals surface area contributed by atoms with Crippen LogP contribution in [-0.2, 0) is 9.53 Å². The molecule has 0 saturated carbocycles. The molecule has 5 heteroatoms. The van der Waals surface area contributed by atoms with Crippen LogP contribution in [0.25, 0.3) is 0 Å². The van der Waals surface area contributed by atoms with Gasteiger partial charge in [-0.1, -0.05) is 20.3 Å². The van der Waals surface area contributed by atoms with Crippen molar-refractivity contribution in [3.05, 3.63) is 0 Å². The first-order chi connectivity index (χ1) is 9.67. The van der Waals surface area contributed by atoms with Gasteiger partial charge in [0.1, 0.15) is 0 Å². The Labute approximate surface area is 127 Å². The van der Waals surface area contributed by atoms with Crippen LogP contribution in [0.15, 0.2) is 0 Å². The molecule has 0 unspecified atom stereocenters. The molecule has 0 aliphatic carbocycles. The largest absolute Gasteiger partial charge is 0.379 e. The molecule has 2 aliphatic rings. The van der Waals surface area contributed by atoms with Crippen molar-refractivity contribution in [1.82, 2.24) is 9.80 Å². The van der Waals surface area contributed by atoms with Crippen molar-refractivity contribution in [1.29, 1.82) is 0 Å². The predicted octanol–water partition coefficient (Wildman–Crippen LogP) is 1.55. The highest BCUT2D eigenvalue weighted by Gasteiger charge is 2.38. The molecule has 0 bridgehead atoms. The molecule has 2 heterocycles. The first-order valence-corrected chi connectivity index (χ1v) is 9.16. The van der Waals surface area contributed by atoms with Crippen molar-refractivity contribution >= 4 is 17.7 Å². The molecule has 2 aliphatic heterocycles. The van der Waals surface area contributed by atoms with Crippen LogP contribution in [0.3, 0.4) is 0 Å². The van der Waals surface area contributed by atoms with Crippen LogP contribution >= 0.6 is 11.8 Å². The summed E-state index contributed by atoms with van der Waals surface area (Å²) < 4.78 is 5.45. The van der Waals surface area contributed by atoms with Crippen LogP contribution < -0.4 is 0 Å². The Bertz CT molecular complexity index is 321. The quantitative estimate of drug-likeness (QED) is 0.771. The monoisotopic (exact) mass is 300 g/mol. The average molecular weight is 300 g/mol. The summed E-state index contributed by atoms with van der Waals surface area (Å²) in [7, 11) is 0. The zero-order chi connectivity index (χ0) is 14.5. The summed E-state index contributed by atoms with van der Waals surface area (Å²) in [5.41, 5.74) is 0. The third-order valence-electron chi connectivity index (χ3n) is 4.60. The minimum absolute atomic E-state index is 0.144. The van der Waals surface area contributed by atoms with Crippen LogP contribution in [0.1, 0.15) is 20.3 Å². The molecule has 0 aromatic rings. The van der Waals surface area contributed by atoms with E-state index in [1.54, 1.807) is 11.8 Å². The lowest BCUT2D eigenvalue weighted by Crippen LogP contribution is -2.47. The first-order valence-electron chi connectivity index (χ1n) is 7.76. The van der Waals surface area contributed by atoms with Crippen LogP contribution in [0.5, 0.6) is 0 Å². The second-order valence-electron chi connectivity index (χ2n) is 5.98. The van der Waals surface area contributed by atoms with Crippen molar-refractivity contribution in [3.8, 4) is 0 Å². The van der Waals surface area contributed by atoms with Crippen LogP contribution in [0.4, 0.5) is 0 Å². The minimum atomic E-state index is 0.144. The number of nitrogens with zero attached hydrogens (tertiary/aromatic N) is 2. The van der Waals surface area contributed by atoms with Crippen molar-refractivity contribution in [2.45, 2.75) is 26.3 Å². The fourth-order valence-corrected chi connectivity index (χ4v) is 4.03. The zero-order valence-electron chi connectivity index (χ0n) is 13.0. The second kappa shape index (κ2) is 7.66. The van der Waals surface area contributed by atoms with E-state index in [2.05, 4.69) is 29.9 Å². The average Bonchev–Trinajstić information content (AvgIpc) is 2.91. The molecule has 3 atom stereocenters. The van der Waals surface area contributed by atoms with E-state index >= 15 is 0 Å². The number of ether oxygens (including phenoxy) is 1.